The van der Waals surface area contributed by atoms with Gasteiger partial charge >= 0.3 is 5.97 Å². The van der Waals surface area contributed by atoms with Crippen molar-refractivity contribution >= 4 is 22.7 Å². The average molecular weight is 487 g/mol. The van der Waals surface area contributed by atoms with Gasteiger partial charge in [-0.1, -0.05) is 18.2 Å². The number of ether oxygens (including phenoxy) is 2. The molecular formula is C29H27FN2O4. The summed E-state index contributed by atoms with van der Waals surface area (Å²) in [6.07, 6.45) is 2.22. The van der Waals surface area contributed by atoms with Gasteiger partial charge in [0.1, 0.15) is 5.82 Å². The average Bonchev–Trinajstić information content (AvgIpc) is 3.50. The molecule has 1 aliphatic heterocycles. The fraction of sp³-hybridized carbons (Fsp3) is 0.276. The zero-order valence-electron chi connectivity index (χ0n) is 20.3. The van der Waals surface area contributed by atoms with E-state index in [1.54, 1.807) is 30.3 Å². The Kier molecular flexibility index (Phi) is 6.65. The number of esters is 1. The van der Waals surface area contributed by atoms with Crippen LogP contribution >= 0.6 is 0 Å². The molecule has 2 aromatic carbocycles. The van der Waals surface area contributed by atoms with Gasteiger partial charge in [0, 0.05) is 41.1 Å². The molecule has 6 nitrogen and oxygen atoms in total. The number of carbonyl (C=O) groups is 2. The number of hydrogen-bond donors (Lipinski definition) is 0. The predicted octanol–water partition coefficient (Wildman–Crippen LogP) is 5.68. The van der Waals surface area contributed by atoms with Gasteiger partial charge in [-0.3, -0.25) is 4.79 Å². The minimum atomic E-state index is -0.613. The second-order valence-corrected chi connectivity index (χ2v) is 9.11. The van der Waals surface area contributed by atoms with E-state index in [1.807, 2.05) is 32.0 Å². The van der Waals surface area contributed by atoms with Gasteiger partial charge in [-0.2, -0.15) is 0 Å². The molecule has 0 radical (unpaired) electrons. The zero-order valence-corrected chi connectivity index (χ0v) is 20.3. The van der Waals surface area contributed by atoms with E-state index in [0.717, 1.165) is 30.8 Å². The summed E-state index contributed by atoms with van der Waals surface area (Å²) in [5.74, 6) is -1.22. The molecule has 0 amide bonds. The number of hydrogen-bond acceptors (Lipinski definition) is 5. The van der Waals surface area contributed by atoms with Crippen molar-refractivity contribution in [2.45, 2.75) is 39.3 Å². The van der Waals surface area contributed by atoms with Crippen LogP contribution in [0.5, 0.6) is 0 Å². The van der Waals surface area contributed by atoms with Crippen molar-refractivity contribution in [3.63, 3.8) is 0 Å². The zero-order chi connectivity index (χ0) is 25.2. The van der Waals surface area contributed by atoms with Crippen LogP contribution in [0.25, 0.3) is 22.2 Å². The number of rotatable bonds is 7. The highest BCUT2D eigenvalue weighted by Gasteiger charge is 2.22. The summed E-state index contributed by atoms with van der Waals surface area (Å²) in [4.78, 5) is 30.8. The van der Waals surface area contributed by atoms with Crippen LogP contribution in [0.3, 0.4) is 0 Å². The number of pyridine rings is 1. The molecule has 5 rings (SSSR count). The molecule has 0 saturated carbocycles. The van der Waals surface area contributed by atoms with Gasteiger partial charge < -0.3 is 14.0 Å². The first kappa shape index (κ1) is 23.9. The number of aryl methyl sites for hydroxylation is 1. The second kappa shape index (κ2) is 10.0. The van der Waals surface area contributed by atoms with E-state index in [4.69, 9.17) is 9.47 Å². The Labute approximate surface area is 208 Å². The maximum absolute atomic E-state index is 13.4. The van der Waals surface area contributed by atoms with Gasteiger partial charge in [-0.15, -0.1) is 0 Å². The van der Waals surface area contributed by atoms with E-state index in [0.29, 0.717) is 39.8 Å². The van der Waals surface area contributed by atoms with Crippen LogP contribution in [0.4, 0.5) is 4.39 Å². The number of Topliss-reactive ketones (excluding diaryl/α,β-unsaturated/α-hetero) is 1. The molecule has 1 fully saturated rings. The third kappa shape index (κ3) is 4.79. The number of benzene rings is 2. The topological polar surface area (TPSA) is 70.4 Å². The van der Waals surface area contributed by atoms with E-state index in [2.05, 4.69) is 9.55 Å². The van der Waals surface area contributed by atoms with Crippen LogP contribution in [-0.2, 0) is 16.0 Å². The monoisotopic (exact) mass is 486 g/mol. The number of halogens is 1. The molecule has 0 bridgehead atoms. The van der Waals surface area contributed by atoms with E-state index in [9.17, 15) is 14.0 Å². The summed E-state index contributed by atoms with van der Waals surface area (Å²) < 4.78 is 26.7. The van der Waals surface area contributed by atoms with Crippen molar-refractivity contribution in [3.8, 4) is 11.3 Å². The Balaban J connectivity index is 1.36. The summed E-state index contributed by atoms with van der Waals surface area (Å²) in [5.41, 5.74) is 4.46. The van der Waals surface area contributed by atoms with Crippen LogP contribution in [0, 0.1) is 19.7 Å². The molecule has 0 aliphatic carbocycles. The number of aromatic nitrogens is 2. The summed E-state index contributed by atoms with van der Waals surface area (Å²) in [6.45, 7) is 4.98. The highest BCUT2D eigenvalue weighted by molar-refractivity contribution is 6.06. The summed E-state index contributed by atoms with van der Waals surface area (Å²) in [7, 11) is 0. The van der Waals surface area contributed by atoms with Gasteiger partial charge in [-0.05, 0) is 69.2 Å². The lowest BCUT2D eigenvalue weighted by molar-refractivity contribution is 0.0476. The quantitative estimate of drug-likeness (QED) is 0.248. The van der Waals surface area contributed by atoms with E-state index >= 15 is 0 Å². The molecule has 184 valence electrons. The second-order valence-electron chi connectivity index (χ2n) is 9.11. The molecular weight excluding hydrogens is 459 g/mol. The maximum Gasteiger partial charge on any atom is 0.339 e. The van der Waals surface area contributed by atoms with Gasteiger partial charge in [-0.25, -0.2) is 14.2 Å². The smallest absolute Gasteiger partial charge is 0.339 e. The Bertz CT molecular complexity index is 1440. The van der Waals surface area contributed by atoms with Crippen molar-refractivity contribution in [3.05, 3.63) is 89.0 Å². The fourth-order valence-corrected chi connectivity index (χ4v) is 4.76. The van der Waals surface area contributed by atoms with Gasteiger partial charge in [0.05, 0.1) is 22.9 Å². The maximum atomic E-state index is 13.4. The van der Waals surface area contributed by atoms with Crippen LogP contribution < -0.4 is 0 Å². The summed E-state index contributed by atoms with van der Waals surface area (Å²) >= 11 is 0. The van der Waals surface area contributed by atoms with Crippen LogP contribution in [-0.4, -0.2) is 40.6 Å². The first-order valence-electron chi connectivity index (χ1n) is 12.0. The van der Waals surface area contributed by atoms with Crippen molar-refractivity contribution < 1.29 is 23.5 Å². The molecule has 1 aliphatic rings. The third-order valence-corrected chi connectivity index (χ3v) is 6.69. The summed E-state index contributed by atoms with van der Waals surface area (Å²) in [5, 5.41) is 0.621. The molecule has 1 saturated heterocycles. The minimum absolute atomic E-state index is 0.158. The van der Waals surface area contributed by atoms with Gasteiger partial charge in [0.15, 0.2) is 6.61 Å². The van der Waals surface area contributed by atoms with Crippen molar-refractivity contribution in [1.29, 1.82) is 0 Å². The summed E-state index contributed by atoms with van der Waals surface area (Å²) in [6, 6.07) is 16.6. The van der Waals surface area contributed by atoms with Crippen molar-refractivity contribution in [2.75, 3.05) is 13.2 Å². The minimum Gasteiger partial charge on any atom is -0.454 e. The largest absolute Gasteiger partial charge is 0.454 e. The molecule has 1 atom stereocenters. The Morgan fingerprint density at radius 1 is 1.08 bits per heavy atom. The highest BCUT2D eigenvalue weighted by Crippen LogP contribution is 2.26. The lowest BCUT2D eigenvalue weighted by Gasteiger charge is -2.14. The predicted molar refractivity (Wildman–Crippen MR) is 135 cm³/mol. The molecule has 1 unspecified atom stereocenters. The van der Waals surface area contributed by atoms with Gasteiger partial charge in [0.25, 0.3) is 0 Å². The number of fused-ring (bicyclic) bond motifs is 1. The first-order valence-corrected chi connectivity index (χ1v) is 12.0. The first-order chi connectivity index (χ1) is 17.4. The number of carbonyl (C=O) groups excluding carboxylic acids is 2. The van der Waals surface area contributed by atoms with Crippen LogP contribution in [0.2, 0.25) is 0 Å². The number of para-hydroxylation sites is 1. The molecule has 0 N–H and O–H groups in total. The van der Waals surface area contributed by atoms with Crippen molar-refractivity contribution in [2.24, 2.45) is 0 Å². The third-order valence-electron chi connectivity index (χ3n) is 6.69. The van der Waals surface area contributed by atoms with E-state index < -0.39 is 5.97 Å². The van der Waals surface area contributed by atoms with E-state index in [1.165, 1.54) is 12.1 Å². The molecule has 0 spiro atoms. The molecule has 7 heteroatoms. The normalized spacial score (nSPS) is 15.4. The molecule has 3 heterocycles. The fourth-order valence-electron chi connectivity index (χ4n) is 4.76. The lowest BCUT2D eigenvalue weighted by atomic mass is 10.0. The van der Waals surface area contributed by atoms with Crippen molar-refractivity contribution in [1.82, 2.24) is 9.55 Å². The molecule has 4 aromatic rings. The Morgan fingerprint density at radius 2 is 1.86 bits per heavy atom. The van der Waals surface area contributed by atoms with Crippen LogP contribution in [0.15, 0.2) is 60.7 Å². The lowest BCUT2D eigenvalue weighted by Crippen LogP contribution is -2.18. The standard InChI is InChI=1S/C29H27FN2O4/c1-18-14-24(19(2)32(18)16-22-6-5-13-35-22)28(33)17-36-29(34)25-15-27(20-9-11-21(30)12-10-20)31-26-8-4-3-7-23(25)26/h3-4,7-12,14-15,22H,5-6,13,16-17H2,1-2H3. The Hall–Kier alpha value is -3.84. The van der Waals surface area contributed by atoms with E-state index in [-0.39, 0.29) is 24.3 Å². The Morgan fingerprint density at radius 3 is 2.61 bits per heavy atom. The number of nitrogens with zero attached hydrogens (tertiary/aromatic N) is 2. The number of ketones is 1. The highest BCUT2D eigenvalue weighted by atomic mass is 19.1. The van der Waals surface area contributed by atoms with Crippen LogP contribution in [0.1, 0.15) is 44.9 Å². The molecule has 2 aromatic heterocycles. The SMILES string of the molecule is Cc1cc(C(=O)COC(=O)c2cc(-c3ccc(F)cc3)nc3ccccc23)c(C)n1CC1CCCO1. The molecule has 36 heavy (non-hydrogen) atoms. The van der Waals surface area contributed by atoms with Gasteiger partial charge in [0.2, 0.25) is 5.78 Å².